The van der Waals surface area contributed by atoms with E-state index in [1.165, 1.54) is 0 Å². The Hall–Kier alpha value is -0.740. The van der Waals surface area contributed by atoms with Crippen LogP contribution in [0.2, 0.25) is 0 Å². The second-order valence-electron chi connectivity index (χ2n) is 2.11. The maximum Gasteiger partial charge on any atom is 0.115 e. The van der Waals surface area contributed by atoms with Crippen LogP contribution in [0.1, 0.15) is 19.8 Å². The molecule has 0 amide bonds. The third kappa shape index (κ3) is 5.40. The van der Waals surface area contributed by atoms with Crippen LogP contribution in [0.5, 0.6) is 0 Å². The Balaban J connectivity index is 3.05. The third-order valence-corrected chi connectivity index (χ3v) is 1.16. The first-order valence-electron chi connectivity index (χ1n) is 3.50. The summed E-state index contributed by atoms with van der Waals surface area (Å²) < 4.78 is 5.21. The number of unbranched alkanes of at least 4 members (excludes halogenated alkanes) is 1. The van der Waals surface area contributed by atoms with Crippen LogP contribution < -0.4 is 0 Å². The van der Waals surface area contributed by atoms with E-state index in [0.29, 0.717) is 0 Å². The molecule has 1 unspecified atom stereocenters. The Morgan fingerprint density at radius 1 is 1.80 bits per heavy atom. The zero-order valence-electron chi connectivity index (χ0n) is 6.47. The molecule has 0 bridgehead atoms. The number of terminal acetylenes is 1. The maximum atomic E-state index is 5.21. The normalized spacial score (nSPS) is 12.0. The Kier molecular flexibility index (Phi) is 5.91. The van der Waals surface area contributed by atoms with Crippen molar-refractivity contribution in [3.63, 3.8) is 0 Å². The molecule has 1 nitrogen and oxygen atoms in total. The standard InChI is InChI=1S/C9H14O/c1-4-6-7-8-10-9(3)5-2/h2,4,9H,1,6-8H2,3H3. The fraction of sp³-hybridized carbons (Fsp3) is 0.556. The summed E-state index contributed by atoms with van der Waals surface area (Å²) in [4.78, 5) is 0. The van der Waals surface area contributed by atoms with E-state index in [1.54, 1.807) is 0 Å². The number of hydrogen-bond donors (Lipinski definition) is 0. The second-order valence-corrected chi connectivity index (χ2v) is 2.11. The minimum absolute atomic E-state index is 0.0511. The minimum Gasteiger partial charge on any atom is -0.366 e. The van der Waals surface area contributed by atoms with Gasteiger partial charge in [-0.3, -0.25) is 0 Å². The fourth-order valence-corrected chi connectivity index (χ4v) is 0.536. The van der Waals surface area contributed by atoms with E-state index < -0.39 is 0 Å². The summed E-state index contributed by atoms with van der Waals surface area (Å²) in [6.07, 6.45) is 8.93. The summed E-state index contributed by atoms with van der Waals surface area (Å²) >= 11 is 0. The van der Waals surface area contributed by atoms with Gasteiger partial charge in [0.1, 0.15) is 6.10 Å². The summed E-state index contributed by atoms with van der Waals surface area (Å²) in [6.45, 7) is 6.20. The molecule has 1 atom stereocenters. The van der Waals surface area contributed by atoms with Crippen molar-refractivity contribution in [3.05, 3.63) is 12.7 Å². The van der Waals surface area contributed by atoms with E-state index in [1.807, 2.05) is 13.0 Å². The van der Waals surface area contributed by atoms with Crippen molar-refractivity contribution in [3.8, 4) is 12.3 Å². The third-order valence-electron chi connectivity index (χ3n) is 1.16. The second kappa shape index (κ2) is 6.38. The lowest BCUT2D eigenvalue weighted by Crippen LogP contribution is -2.05. The molecule has 0 fully saturated rings. The summed E-state index contributed by atoms with van der Waals surface area (Å²) in [6, 6.07) is 0. The Morgan fingerprint density at radius 3 is 3.00 bits per heavy atom. The van der Waals surface area contributed by atoms with Crippen molar-refractivity contribution in [2.75, 3.05) is 6.61 Å². The van der Waals surface area contributed by atoms with Gasteiger partial charge < -0.3 is 4.74 Å². The molecular formula is C9H14O. The molecule has 0 aliphatic carbocycles. The molecule has 0 saturated heterocycles. The molecule has 0 N–H and O–H groups in total. The van der Waals surface area contributed by atoms with Crippen LogP contribution in [-0.2, 0) is 4.74 Å². The van der Waals surface area contributed by atoms with Gasteiger partial charge in [0, 0.05) is 6.61 Å². The molecule has 0 heterocycles. The fourth-order valence-electron chi connectivity index (χ4n) is 0.536. The van der Waals surface area contributed by atoms with Gasteiger partial charge in [-0.25, -0.2) is 0 Å². The van der Waals surface area contributed by atoms with Gasteiger partial charge in [-0.1, -0.05) is 12.0 Å². The van der Waals surface area contributed by atoms with E-state index >= 15 is 0 Å². The topological polar surface area (TPSA) is 9.23 Å². The van der Waals surface area contributed by atoms with Gasteiger partial charge in [-0.05, 0) is 19.8 Å². The van der Waals surface area contributed by atoms with Crippen molar-refractivity contribution >= 4 is 0 Å². The molecule has 0 spiro atoms. The quantitative estimate of drug-likeness (QED) is 0.321. The van der Waals surface area contributed by atoms with Crippen LogP contribution >= 0.6 is 0 Å². The van der Waals surface area contributed by atoms with Gasteiger partial charge in [-0.2, -0.15) is 0 Å². The average Bonchev–Trinajstić information content (AvgIpc) is 1.98. The lowest BCUT2D eigenvalue weighted by atomic mass is 10.3. The SMILES string of the molecule is C#CC(C)OCCCC=C. The highest BCUT2D eigenvalue weighted by molar-refractivity contribution is 4.91. The number of ether oxygens (including phenoxy) is 1. The molecule has 0 aromatic carbocycles. The predicted octanol–water partition coefficient (Wildman–Crippen LogP) is 1.99. The molecule has 0 aromatic rings. The zero-order chi connectivity index (χ0) is 7.82. The highest BCUT2D eigenvalue weighted by atomic mass is 16.5. The van der Waals surface area contributed by atoms with Crippen LogP contribution in [0, 0.1) is 12.3 Å². The highest BCUT2D eigenvalue weighted by Gasteiger charge is 1.93. The van der Waals surface area contributed by atoms with Gasteiger partial charge in [0.05, 0.1) is 0 Å². The van der Waals surface area contributed by atoms with Crippen molar-refractivity contribution in [2.45, 2.75) is 25.9 Å². The van der Waals surface area contributed by atoms with Gasteiger partial charge in [0.25, 0.3) is 0 Å². The van der Waals surface area contributed by atoms with Crippen molar-refractivity contribution in [1.82, 2.24) is 0 Å². The average molecular weight is 138 g/mol. The highest BCUT2D eigenvalue weighted by Crippen LogP contribution is 1.93. The molecule has 56 valence electrons. The summed E-state index contributed by atoms with van der Waals surface area (Å²) in [5.41, 5.74) is 0. The monoisotopic (exact) mass is 138 g/mol. The van der Waals surface area contributed by atoms with Crippen molar-refractivity contribution in [2.24, 2.45) is 0 Å². The Morgan fingerprint density at radius 2 is 2.50 bits per heavy atom. The number of rotatable bonds is 5. The first kappa shape index (κ1) is 9.26. The van der Waals surface area contributed by atoms with Crippen LogP contribution in [0.25, 0.3) is 0 Å². The summed E-state index contributed by atoms with van der Waals surface area (Å²) in [5, 5.41) is 0. The van der Waals surface area contributed by atoms with Crippen molar-refractivity contribution in [1.29, 1.82) is 0 Å². The van der Waals surface area contributed by atoms with Crippen LogP contribution in [0.3, 0.4) is 0 Å². The summed E-state index contributed by atoms with van der Waals surface area (Å²) in [5.74, 6) is 2.49. The van der Waals surface area contributed by atoms with E-state index in [-0.39, 0.29) is 6.10 Å². The van der Waals surface area contributed by atoms with E-state index in [0.717, 1.165) is 19.4 Å². The van der Waals surface area contributed by atoms with Gasteiger partial charge >= 0.3 is 0 Å². The van der Waals surface area contributed by atoms with Gasteiger partial charge in [-0.15, -0.1) is 13.0 Å². The molecule has 0 aromatic heterocycles. The largest absolute Gasteiger partial charge is 0.366 e. The molecular weight excluding hydrogens is 124 g/mol. The molecule has 10 heavy (non-hydrogen) atoms. The molecule has 0 aliphatic heterocycles. The maximum absolute atomic E-state index is 5.21. The number of hydrogen-bond acceptors (Lipinski definition) is 1. The lowest BCUT2D eigenvalue weighted by molar-refractivity contribution is 0.102. The number of allylic oxidation sites excluding steroid dienone is 1. The predicted molar refractivity (Wildman–Crippen MR) is 43.7 cm³/mol. The minimum atomic E-state index is -0.0511. The molecule has 0 rings (SSSR count). The molecule has 0 aliphatic rings. The van der Waals surface area contributed by atoms with Crippen LogP contribution in [-0.4, -0.2) is 12.7 Å². The van der Waals surface area contributed by atoms with E-state index in [4.69, 9.17) is 11.2 Å². The smallest absolute Gasteiger partial charge is 0.115 e. The Labute approximate surface area is 63.1 Å². The molecule has 1 heteroatoms. The van der Waals surface area contributed by atoms with E-state index in [9.17, 15) is 0 Å². The Bertz CT molecular complexity index is 121. The van der Waals surface area contributed by atoms with E-state index in [2.05, 4.69) is 12.5 Å². The summed E-state index contributed by atoms with van der Waals surface area (Å²) in [7, 11) is 0. The van der Waals surface area contributed by atoms with Gasteiger partial charge in [0.15, 0.2) is 0 Å². The van der Waals surface area contributed by atoms with Crippen LogP contribution in [0.15, 0.2) is 12.7 Å². The molecule has 0 saturated carbocycles. The van der Waals surface area contributed by atoms with Crippen molar-refractivity contribution < 1.29 is 4.74 Å². The first-order chi connectivity index (χ1) is 4.81. The van der Waals surface area contributed by atoms with Gasteiger partial charge in [0.2, 0.25) is 0 Å². The van der Waals surface area contributed by atoms with Crippen LogP contribution in [0.4, 0.5) is 0 Å². The lowest BCUT2D eigenvalue weighted by Gasteiger charge is -2.04. The zero-order valence-corrected chi connectivity index (χ0v) is 6.47. The first-order valence-corrected chi connectivity index (χ1v) is 3.50. The molecule has 0 radical (unpaired) electrons.